The Morgan fingerprint density at radius 3 is 2.86 bits per heavy atom. The van der Waals surface area contributed by atoms with Crippen molar-refractivity contribution in [2.45, 2.75) is 38.1 Å². The number of amides is 1. The minimum atomic E-state index is -1.92. The summed E-state index contributed by atoms with van der Waals surface area (Å²) in [5, 5.41) is 13.8. The zero-order chi connectivity index (χ0) is 20.6. The molecule has 2 aliphatic heterocycles. The number of carbonyl (C=O) groups is 2. The van der Waals surface area contributed by atoms with Crippen LogP contribution in [0.15, 0.2) is 24.4 Å². The Balaban J connectivity index is 1.36. The first-order valence-corrected chi connectivity index (χ1v) is 10.3. The molecule has 1 atom stereocenters. The standard InChI is InChI=1S/C20H22FN3O4S/c1-12-13(2-3-14-15(12)11-28-18(14)26)16(25)10-24-8-5-20(21,6-9-24)19(27)23-17-4-7-22-29-17/h2-4,7,16,25H,5-6,8-11H2,1H3,(H,23,27). The third-order valence-corrected chi connectivity index (χ3v) is 6.39. The molecular weight excluding hydrogens is 397 g/mol. The molecule has 0 saturated carbocycles. The molecule has 0 radical (unpaired) electrons. The number of esters is 1. The predicted octanol–water partition coefficient (Wildman–Crippen LogP) is 2.60. The number of anilines is 1. The summed E-state index contributed by atoms with van der Waals surface area (Å²) in [5.74, 6) is -0.975. The van der Waals surface area contributed by atoms with Crippen molar-refractivity contribution in [2.75, 3.05) is 25.0 Å². The molecule has 2 aromatic rings. The van der Waals surface area contributed by atoms with Crippen LogP contribution < -0.4 is 5.32 Å². The van der Waals surface area contributed by atoms with Crippen molar-refractivity contribution in [1.29, 1.82) is 0 Å². The topological polar surface area (TPSA) is 91.8 Å². The summed E-state index contributed by atoms with van der Waals surface area (Å²) in [6.07, 6.45) is 0.915. The number of aliphatic hydroxyl groups excluding tert-OH is 1. The zero-order valence-corrected chi connectivity index (χ0v) is 16.8. The molecule has 1 saturated heterocycles. The average molecular weight is 419 g/mol. The second-order valence-corrected chi connectivity index (χ2v) is 8.33. The van der Waals surface area contributed by atoms with E-state index < -0.39 is 17.7 Å². The molecule has 9 heteroatoms. The first-order valence-electron chi connectivity index (χ1n) is 9.48. The van der Waals surface area contributed by atoms with Crippen LogP contribution in [0, 0.1) is 6.92 Å². The summed E-state index contributed by atoms with van der Waals surface area (Å²) in [6.45, 7) is 3.17. The quantitative estimate of drug-likeness (QED) is 0.724. The Labute approximate surface area is 171 Å². The Morgan fingerprint density at radius 2 is 2.17 bits per heavy atom. The number of cyclic esters (lactones) is 1. The van der Waals surface area contributed by atoms with Crippen LogP contribution in [0.2, 0.25) is 0 Å². The monoisotopic (exact) mass is 419 g/mol. The first-order chi connectivity index (χ1) is 13.9. The maximum absolute atomic E-state index is 15.1. The van der Waals surface area contributed by atoms with Gasteiger partial charge >= 0.3 is 5.97 Å². The highest BCUT2D eigenvalue weighted by Gasteiger charge is 2.42. The number of benzene rings is 1. The van der Waals surface area contributed by atoms with Crippen LogP contribution in [-0.4, -0.2) is 51.6 Å². The highest BCUT2D eigenvalue weighted by atomic mass is 32.1. The molecule has 3 heterocycles. The Hall–Kier alpha value is -2.36. The predicted molar refractivity (Wildman–Crippen MR) is 106 cm³/mol. The lowest BCUT2D eigenvalue weighted by Crippen LogP contribution is -2.49. The van der Waals surface area contributed by atoms with Crippen LogP contribution in [0.4, 0.5) is 9.39 Å². The van der Waals surface area contributed by atoms with E-state index in [-0.39, 0.29) is 25.4 Å². The molecule has 1 unspecified atom stereocenters. The molecule has 2 aliphatic rings. The molecule has 0 spiro atoms. The van der Waals surface area contributed by atoms with Gasteiger partial charge in [0.15, 0.2) is 5.67 Å². The fourth-order valence-corrected chi connectivity index (χ4v) is 4.39. The number of fused-ring (bicyclic) bond motifs is 1. The zero-order valence-electron chi connectivity index (χ0n) is 16.0. The molecular formula is C20H22FN3O4S. The normalized spacial score (nSPS) is 19.5. The van der Waals surface area contributed by atoms with Gasteiger partial charge < -0.3 is 20.1 Å². The highest BCUT2D eigenvalue weighted by Crippen LogP contribution is 2.32. The SMILES string of the molecule is Cc1c(C(O)CN2CCC(F)(C(=O)Nc3ccns3)CC2)ccc2c1COC2=O. The number of alkyl halides is 1. The van der Waals surface area contributed by atoms with Crippen molar-refractivity contribution in [3.8, 4) is 0 Å². The number of nitrogens with one attached hydrogen (secondary N) is 1. The van der Waals surface area contributed by atoms with E-state index in [0.29, 0.717) is 30.2 Å². The van der Waals surface area contributed by atoms with E-state index in [1.807, 2.05) is 11.8 Å². The number of carbonyl (C=O) groups excluding carboxylic acids is 2. The third-order valence-electron chi connectivity index (χ3n) is 5.73. The summed E-state index contributed by atoms with van der Waals surface area (Å²) in [5.41, 5.74) is 1.02. The minimum Gasteiger partial charge on any atom is -0.457 e. The van der Waals surface area contributed by atoms with E-state index in [4.69, 9.17) is 4.74 Å². The smallest absolute Gasteiger partial charge is 0.338 e. The molecule has 1 amide bonds. The highest BCUT2D eigenvalue weighted by molar-refractivity contribution is 7.10. The molecule has 0 bridgehead atoms. The minimum absolute atomic E-state index is 0.0653. The fourth-order valence-electron chi connectivity index (χ4n) is 3.89. The average Bonchev–Trinajstić information content (AvgIpc) is 3.34. The molecule has 154 valence electrons. The van der Waals surface area contributed by atoms with Crippen LogP contribution in [0.3, 0.4) is 0 Å². The second-order valence-electron chi connectivity index (χ2n) is 7.49. The van der Waals surface area contributed by atoms with E-state index in [9.17, 15) is 14.7 Å². The van der Waals surface area contributed by atoms with Gasteiger partial charge in [-0.05, 0) is 41.7 Å². The molecule has 1 fully saturated rings. The van der Waals surface area contributed by atoms with Gasteiger partial charge in [0.1, 0.15) is 11.6 Å². The van der Waals surface area contributed by atoms with Crippen LogP contribution in [0.1, 0.15) is 46.0 Å². The lowest BCUT2D eigenvalue weighted by molar-refractivity contribution is -0.130. The van der Waals surface area contributed by atoms with Crippen molar-refractivity contribution in [1.82, 2.24) is 9.27 Å². The Morgan fingerprint density at radius 1 is 1.41 bits per heavy atom. The Kier molecular flexibility index (Phi) is 5.37. The van der Waals surface area contributed by atoms with Gasteiger partial charge in [-0.2, -0.15) is 4.37 Å². The second kappa shape index (κ2) is 7.81. The largest absolute Gasteiger partial charge is 0.457 e. The van der Waals surface area contributed by atoms with Crippen LogP contribution in [0.25, 0.3) is 0 Å². The van der Waals surface area contributed by atoms with Crippen LogP contribution in [-0.2, 0) is 16.1 Å². The summed E-state index contributed by atoms with van der Waals surface area (Å²) < 4.78 is 24.0. The van der Waals surface area contributed by atoms with Gasteiger partial charge in [0.25, 0.3) is 5.91 Å². The molecule has 7 nitrogen and oxygen atoms in total. The number of aromatic nitrogens is 1. The number of aliphatic hydroxyl groups is 1. The van der Waals surface area contributed by atoms with Gasteiger partial charge in [0, 0.05) is 44.2 Å². The van der Waals surface area contributed by atoms with E-state index in [2.05, 4.69) is 9.69 Å². The summed E-state index contributed by atoms with van der Waals surface area (Å²) in [4.78, 5) is 25.9. The Bertz CT molecular complexity index is 926. The molecule has 1 aromatic carbocycles. The van der Waals surface area contributed by atoms with Gasteiger partial charge in [-0.25, -0.2) is 9.18 Å². The summed E-state index contributed by atoms with van der Waals surface area (Å²) in [6, 6.07) is 5.06. The molecule has 1 aromatic heterocycles. The van der Waals surface area contributed by atoms with Crippen molar-refractivity contribution < 1.29 is 23.8 Å². The molecule has 29 heavy (non-hydrogen) atoms. The number of hydrogen-bond acceptors (Lipinski definition) is 7. The van der Waals surface area contributed by atoms with Gasteiger partial charge in [-0.3, -0.25) is 4.79 Å². The maximum atomic E-state index is 15.1. The van der Waals surface area contributed by atoms with Gasteiger partial charge in [-0.15, -0.1) is 0 Å². The fraction of sp³-hybridized carbons (Fsp3) is 0.450. The van der Waals surface area contributed by atoms with Gasteiger partial charge in [0.2, 0.25) is 0 Å². The number of piperidine rings is 1. The van der Waals surface area contributed by atoms with Gasteiger partial charge in [0.05, 0.1) is 11.7 Å². The van der Waals surface area contributed by atoms with E-state index >= 15 is 4.39 Å². The molecule has 0 aliphatic carbocycles. The number of β-amino-alcohol motifs (C(OH)–C–C–N with tert-alkyl or cyclic N) is 1. The van der Waals surface area contributed by atoms with Crippen molar-refractivity contribution in [2.24, 2.45) is 0 Å². The van der Waals surface area contributed by atoms with Crippen molar-refractivity contribution in [3.63, 3.8) is 0 Å². The number of rotatable bonds is 5. The van der Waals surface area contributed by atoms with Crippen LogP contribution in [0.5, 0.6) is 0 Å². The van der Waals surface area contributed by atoms with E-state index in [1.165, 1.54) is 0 Å². The number of nitrogens with zero attached hydrogens (tertiary/aromatic N) is 2. The number of hydrogen-bond donors (Lipinski definition) is 2. The molecule has 4 rings (SSSR count). The number of likely N-dealkylation sites (tertiary alicyclic amines) is 1. The van der Waals surface area contributed by atoms with E-state index in [1.54, 1.807) is 24.4 Å². The van der Waals surface area contributed by atoms with Crippen molar-refractivity contribution >= 4 is 28.4 Å². The maximum Gasteiger partial charge on any atom is 0.338 e. The third kappa shape index (κ3) is 3.90. The summed E-state index contributed by atoms with van der Waals surface area (Å²) in [7, 11) is 0. The molecule has 2 N–H and O–H groups in total. The number of ether oxygens (including phenoxy) is 1. The first kappa shape index (κ1) is 19.9. The van der Waals surface area contributed by atoms with Gasteiger partial charge in [-0.1, -0.05) is 6.07 Å². The lowest BCUT2D eigenvalue weighted by Gasteiger charge is -2.36. The summed E-state index contributed by atoms with van der Waals surface area (Å²) >= 11 is 1.11. The lowest BCUT2D eigenvalue weighted by atomic mass is 9.91. The van der Waals surface area contributed by atoms with Crippen molar-refractivity contribution in [3.05, 3.63) is 46.6 Å². The number of halogens is 1. The van der Waals surface area contributed by atoms with Crippen LogP contribution >= 0.6 is 11.5 Å². The van der Waals surface area contributed by atoms with E-state index in [0.717, 1.165) is 28.2 Å².